The number of nitro groups is 1. The number of nitro benzene ring substituents is 1. The number of aliphatic hydroxyl groups is 1. The quantitative estimate of drug-likeness (QED) is 0.0653. The van der Waals surface area contributed by atoms with Crippen LogP contribution in [0.4, 0.5) is 10.8 Å². The number of aryl methyl sites for hydroxylation is 1. The first-order valence-corrected chi connectivity index (χ1v) is 13.4. The van der Waals surface area contributed by atoms with Gasteiger partial charge in [-0.25, -0.2) is 9.78 Å². The van der Waals surface area contributed by atoms with E-state index in [0.717, 1.165) is 29.1 Å². The number of aliphatic hydroxyl groups excluding tert-OH is 1. The molecule has 0 radical (unpaired) electrons. The maximum absolute atomic E-state index is 13.4. The Morgan fingerprint density at radius 3 is 2.55 bits per heavy atom. The highest BCUT2D eigenvalue weighted by Gasteiger charge is 2.48. The zero-order chi connectivity index (χ0) is 29.0. The van der Waals surface area contributed by atoms with Gasteiger partial charge in [0.1, 0.15) is 16.4 Å². The Labute approximate surface area is 233 Å². The fourth-order valence-corrected chi connectivity index (χ4v) is 5.21. The van der Waals surface area contributed by atoms with E-state index >= 15 is 0 Å². The largest absolute Gasteiger partial charge is 0.507 e. The summed E-state index contributed by atoms with van der Waals surface area (Å²) in [7, 11) is 0. The molecule has 0 spiro atoms. The molecular weight excluding hydrogens is 538 g/mol. The number of ether oxygens (including phenoxy) is 2. The number of hydrogen-bond acceptors (Lipinski definition) is 10. The van der Waals surface area contributed by atoms with Crippen molar-refractivity contribution >= 4 is 45.6 Å². The average Bonchev–Trinajstić information content (AvgIpc) is 3.45. The van der Waals surface area contributed by atoms with E-state index in [1.807, 2.05) is 6.92 Å². The number of esters is 1. The van der Waals surface area contributed by atoms with Crippen LogP contribution in [-0.4, -0.2) is 45.9 Å². The first-order chi connectivity index (χ1) is 19.2. The van der Waals surface area contributed by atoms with Gasteiger partial charge >= 0.3 is 11.9 Å². The second kappa shape index (κ2) is 12.1. The minimum atomic E-state index is -1.17. The molecule has 1 aromatic heterocycles. The van der Waals surface area contributed by atoms with Crippen molar-refractivity contribution in [1.29, 1.82) is 0 Å². The Morgan fingerprint density at radius 2 is 1.90 bits per heavy atom. The van der Waals surface area contributed by atoms with Gasteiger partial charge in [0.05, 0.1) is 35.4 Å². The average molecular weight is 566 g/mol. The second-order valence-corrected chi connectivity index (χ2v) is 9.86. The van der Waals surface area contributed by atoms with Crippen molar-refractivity contribution in [3.8, 4) is 5.75 Å². The van der Waals surface area contributed by atoms with E-state index in [1.54, 1.807) is 38.1 Å². The molecule has 1 aliphatic heterocycles. The number of unbranched alkanes of at least 4 members (excludes halogenated alkanes) is 1. The molecular formula is C28H27N3O8S. The van der Waals surface area contributed by atoms with Crippen LogP contribution in [0, 0.1) is 17.0 Å². The molecule has 208 valence electrons. The van der Waals surface area contributed by atoms with Crippen LogP contribution in [0.15, 0.2) is 54.1 Å². The third-order valence-electron chi connectivity index (χ3n) is 6.19. The van der Waals surface area contributed by atoms with Gasteiger partial charge in [-0.05, 0) is 50.1 Å². The molecule has 3 aromatic rings. The number of non-ortho nitro benzene ring substituents is 1. The number of Topliss-reactive ketones (excluding diaryl/α,β-unsaturated/α-hetero) is 1. The highest BCUT2D eigenvalue weighted by molar-refractivity contribution is 7.17. The summed E-state index contributed by atoms with van der Waals surface area (Å²) in [6.45, 7) is 5.88. The van der Waals surface area contributed by atoms with Crippen LogP contribution in [0.1, 0.15) is 59.2 Å². The minimum absolute atomic E-state index is 0.0432. The predicted molar refractivity (Wildman–Crippen MR) is 148 cm³/mol. The Kier molecular flexibility index (Phi) is 8.58. The number of aromatic nitrogens is 1. The highest BCUT2D eigenvalue weighted by Crippen LogP contribution is 2.44. The standard InChI is InChI=1S/C28H27N3O8S/c1-4-6-14-39-20-9-7-8-18(15-20)23(32)21-22(17-10-12-19(13-11-17)31(36)37)30(26(34)24(21)33)28-29-16(3)25(40-28)27(35)38-5-2/h7-13,15,22,32H,4-6,14H2,1-3H3. The normalized spacial score (nSPS) is 16.3. The van der Waals surface area contributed by atoms with E-state index in [-0.39, 0.29) is 33.4 Å². The lowest BCUT2D eigenvalue weighted by atomic mass is 9.95. The fraction of sp³-hybridized carbons (Fsp3) is 0.286. The maximum Gasteiger partial charge on any atom is 0.350 e. The lowest BCUT2D eigenvalue weighted by molar-refractivity contribution is -0.384. The summed E-state index contributed by atoms with van der Waals surface area (Å²) in [5, 5.41) is 22.7. The zero-order valence-electron chi connectivity index (χ0n) is 22.1. The van der Waals surface area contributed by atoms with Crippen LogP contribution in [0.25, 0.3) is 5.76 Å². The summed E-state index contributed by atoms with van der Waals surface area (Å²) < 4.78 is 10.8. The van der Waals surface area contributed by atoms with Crippen molar-refractivity contribution in [2.45, 2.75) is 39.7 Å². The van der Waals surface area contributed by atoms with Gasteiger partial charge in [-0.1, -0.05) is 36.8 Å². The lowest BCUT2D eigenvalue weighted by Gasteiger charge is -2.23. The van der Waals surface area contributed by atoms with E-state index in [0.29, 0.717) is 23.6 Å². The molecule has 1 fully saturated rings. The van der Waals surface area contributed by atoms with E-state index in [1.165, 1.54) is 24.3 Å². The van der Waals surface area contributed by atoms with Crippen molar-refractivity contribution < 1.29 is 33.9 Å². The third kappa shape index (κ3) is 5.57. The molecule has 1 atom stereocenters. The van der Waals surface area contributed by atoms with Crippen molar-refractivity contribution in [3.63, 3.8) is 0 Å². The number of carbonyl (C=O) groups excluding carboxylic acids is 3. The third-order valence-corrected chi connectivity index (χ3v) is 7.33. The Balaban J connectivity index is 1.86. The topological polar surface area (TPSA) is 149 Å². The Bertz CT molecular complexity index is 1500. The van der Waals surface area contributed by atoms with Crippen LogP contribution in [0.2, 0.25) is 0 Å². The van der Waals surface area contributed by atoms with Gasteiger partial charge in [0, 0.05) is 17.7 Å². The van der Waals surface area contributed by atoms with Crippen molar-refractivity contribution in [1.82, 2.24) is 4.98 Å². The van der Waals surface area contributed by atoms with E-state index in [4.69, 9.17) is 9.47 Å². The van der Waals surface area contributed by atoms with E-state index in [2.05, 4.69) is 4.98 Å². The molecule has 40 heavy (non-hydrogen) atoms. The number of ketones is 1. The van der Waals surface area contributed by atoms with Crippen LogP contribution in [0.5, 0.6) is 5.75 Å². The summed E-state index contributed by atoms with van der Waals surface area (Å²) in [4.78, 5) is 55.6. The van der Waals surface area contributed by atoms with Gasteiger partial charge in [-0.2, -0.15) is 0 Å². The maximum atomic E-state index is 13.4. The fourth-order valence-electron chi connectivity index (χ4n) is 4.22. The summed E-state index contributed by atoms with van der Waals surface area (Å²) in [5.74, 6) is -2.52. The molecule has 1 N–H and O–H groups in total. The number of thiazole rings is 1. The van der Waals surface area contributed by atoms with Gasteiger partial charge in [0.2, 0.25) is 0 Å². The van der Waals surface area contributed by atoms with Crippen LogP contribution in [-0.2, 0) is 14.3 Å². The van der Waals surface area contributed by atoms with E-state index < -0.39 is 34.4 Å². The molecule has 2 heterocycles. The first kappa shape index (κ1) is 28.4. The Morgan fingerprint density at radius 1 is 1.18 bits per heavy atom. The first-order valence-electron chi connectivity index (χ1n) is 12.6. The highest BCUT2D eigenvalue weighted by atomic mass is 32.1. The lowest BCUT2D eigenvalue weighted by Crippen LogP contribution is -2.29. The van der Waals surface area contributed by atoms with Crippen molar-refractivity contribution in [2.24, 2.45) is 0 Å². The zero-order valence-corrected chi connectivity index (χ0v) is 22.9. The molecule has 11 nitrogen and oxygen atoms in total. The summed E-state index contributed by atoms with van der Waals surface area (Å²) in [5.41, 5.74) is 0.468. The van der Waals surface area contributed by atoms with Crippen molar-refractivity contribution in [2.75, 3.05) is 18.1 Å². The predicted octanol–water partition coefficient (Wildman–Crippen LogP) is 5.34. The SMILES string of the molecule is CCCCOc1cccc(C(O)=C2C(=O)C(=O)N(c3nc(C)c(C(=O)OCC)s3)C2c2ccc([N+](=O)[O-])cc2)c1. The van der Waals surface area contributed by atoms with Crippen LogP contribution < -0.4 is 9.64 Å². The molecule has 1 saturated heterocycles. The van der Waals surface area contributed by atoms with Crippen LogP contribution in [0.3, 0.4) is 0 Å². The number of rotatable bonds is 10. The molecule has 0 bridgehead atoms. The molecule has 0 aliphatic carbocycles. The smallest absolute Gasteiger partial charge is 0.350 e. The Hall–Kier alpha value is -4.58. The number of amides is 1. The molecule has 12 heteroatoms. The minimum Gasteiger partial charge on any atom is -0.507 e. The molecule has 0 saturated carbocycles. The molecule has 1 unspecified atom stereocenters. The van der Waals surface area contributed by atoms with Gasteiger partial charge < -0.3 is 14.6 Å². The molecule has 1 aliphatic rings. The number of nitrogens with zero attached hydrogens (tertiary/aromatic N) is 3. The number of carbonyl (C=O) groups is 3. The number of benzene rings is 2. The summed E-state index contributed by atoms with van der Waals surface area (Å²) in [6, 6.07) is 10.6. The van der Waals surface area contributed by atoms with Gasteiger partial charge in [-0.3, -0.25) is 24.6 Å². The van der Waals surface area contributed by atoms with Crippen LogP contribution >= 0.6 is 11.3 Å². The number of hydrogen-bond donors (Lipinski definition) is 1. The second-order valence-electron chi connectivity index (χ2n) is 8.88. The van der Waals surface area contributed by atoms with Crippen molar-refractivity contribution in [3.05, 3.63) is 85.9 Å². The molecule has 2 aromatic carbocycles. The van der Waals surface area contributed by atoms with Gasteiger partial charge in [-0.15, -0.1) is 0 Å². The summed E-state index contributed by atoms with van der Waals surface area (Å²) in [6.07, 6.45) is 1.77. The summed E-state index contributed by atoms with van der Waals surface area (Å²) >= 11 is 0.875. The number of anilines is 1. The monoisotopic (exact) mass is 565 g/mol. The van der Waals surface area contributed by atoms with Gasteiger partial charge in [0.15, 0.2) is 5.13 Å². The van der Waals surface area contributed by atoms with E-state index in [9.17, 15) is 29.6 Å². The molecule has 4 rings (SSSR count). The molecule has 1 amide bonds. The van der Waals surface area contributed by atoms with Gasteiger partial charge in [0.25, 0.3) is 11.5 Å².